The van der Waals surface area contributed by atoms with Crippen LogP contribution < -0.4 is 27.8 Å². The van der Waals surface area contributed by atoms with E-state index in [1.54, 1.807) is 18.2 Å². The Kier molecular flexibility index (Phi) is 9.55. The third-order valence-electron chi connectivity index (χ3n) is 4.15. The lowest BCUT2D eigenvalue weighted by Gasteiger charge is -2.16. The molecule has 5 nitrogen and oxygen atoms in total. The van der Waals surface area contributed by atoms with Crippen molar-refractivity contribution in [3.8, 4) is 5.75 Å². The fourth-order valence-corrected chi connectivity index (χ4v) is 2.53. The zero-order chi connectivity index (χ0) is 18.1. The number of halogens is 1. The molecule has 0 bridgehead atoms. The highest BCUT2D eigenvalue weighted by Gasteiger charge is 2.15. The van der Waals surface area contributed by atoms with E-state index in [1.807, 2.05) is 30.3 Å². The van der Waals surface area contributed by atoms with E-state index in [4.69, 9.17) is 15.2 Å². The van der Waals surface area contributed by atoms with Crippen molar-refractivity contribution in [3.63, 3.8) is 0 Å². The molecule has 0 aliphatic rings. The molecule has 2 aromatic rings. The molecule has 0 saturated heterocycles. The van der Waals surface area contributed by atoms with E-state index < -0.39 is 0 Å². The molecule has 0 unspecified atom stereocenters. The summed E-state index contributed by atoms with van der Waals surface area (Å²) in [6.45, 7) is 7.83. The Morgan fingerprint density at radius 1 is 1.08 bits per heavy atom. The predicted octanol–water partition coefficient (Wildman–Crippen LogP) is -1.07. The van der Waals surface area contributed by atoms with Crippen LogP contribution in [0, 0.1) is 0 Å². The average Bonchev–Trinajstić information content (AvgIpc) is 2.64. The first-order valence-electron chi connectivity index (χ1n) is 8.71. The number of likely N-dealkylation sites (N-methyl/N-ethyl adjacent to an activating group) is 1. The van der Waals surface area contributed by atoms with E-state index in [0.29, 0.717) is 30.2 Å². The lowest BCUT2D eigenvalue weighted by Crippen LogP contribution is -3.11. The molecule has 3 N–H and O–H groups in total. The van der Waals surface area contributed by atoms with Gasteiger partial charge in [-0.1, -0.05) is 30.3 Å². The molecule has 0 radical (unpaired) electrons. The van der Waals surface area contributed by atoms with E-state index in [2.05, 4.69) is 13.8 Å². The van der Waals surface area contributed by atoms with Gasteiger partial charge in [0, 0.05) is 11.8 Å². The first-order chi connectivity index (χ1) is 12.1. The number of quaternary nitrogens is 1. The lowest BCUT2D eigenvalue weighted by atomic mass is 10.2. The van der Waals surface area contributed by atoms with Crippen molar-refractivity contribution in [2.45, 2.75) is 20.5 Å². The van der Waals surface area contributed by atoms with Crippen molar-refractivity contribution in [3.05, 3.63) is 59.7 Å². The Bertz CT molecular complexity index is 676. The third kappa shape index (κ3) is 6.58. The summed E-state index contributed by atoms with van der Waals surface area (Å²) in [4.78, 5) is 13.8. The second-order valence-electron chi connectivity index (χ2n) is 5.87. The molecule has 142 valence electrons. The minimum absolute atomic E-state index is 0. The van der Waals surface area contributed by atoms with Crippen molar-refractivity contribution in [1.29, 1.82) is 0 Å². The van der Waals surface area contributed by atoms with Crippen molar-refractivity contribution >= 4 is 11.7 Å². The standard InChI is InChI=1S/C20H26N2O3.ClH/c1-3-22(4-2)12-13-24-20(23)18-11-10-17(21)14-19(18)25-15-16-8-6-5-7-9-16;/h5-11,14H,3-4,12-13,15,21H2,1-2H3;1H. The summed E-state index contributed by atoms with van der Waals surface area (Å²) in [5.74, 6) is 0.0682. The molecule has 0 heterocycles. The highest BCUT2D eigenvalue weighted by molar-refractivity contribution is 5.93. The minimum Gasteiger partial charge on any atom is -1.00 e. The number of nitrogens with two attached hydrogens (primary N) is 1. The molecule has 6 heteroatoms. The van der Waals surface area contributed by atoms with E-state index in [9.17, 15) is 4.79 Å². The van der Waals surface area contributed by atoms with Gasteiger partial charge in [0.1, 0.15) is 31.1 Å². The molecule has 0 fully saturated rings. The number of ether oxygens (including phenoxy) is 2. The summed E-state index contributed by atoms with van der Waals surface area (Å²) in [6, 6.07) is 14.8. The highest BCUT2D eigenvalue weighted by Crippen LogP contribution is 2.23. The Morgan fingerprint density at radius 2 is 1.77 bits per heavy atom. The number of carbonyl (C=O) groups is 1. The van der Waals surface area contributed by atoms with Gasteiger partial charge in [0.05, 0.1) is 13.1 Å². The largest absolute Gasteiger partial charge is 1.00 e. The van der Waals surface area contributed by atoms with E-state index in [-0.39, 0.29) is 18.4 Å². The number of nitrogen functional groups attached to an aromatic ring is 1. The smallest absolute Gasteiger partial charge is 0.342 e. The fourth-order valence-electron chi connectivity index (χ4n) is 2.53. The van der Waals surface area contributed by atoms with Gasteiger partial charge in [-0.25, -0.2) is 4.79 Å². The zero-order valence-electron chi connectivity index (χ0n) is 15.3. The predicted molar refractivity (Wildman–Crippen MR) is 98.8 cm³/mol. The van der Waals surface area contributed by atoms with Gasteiger partial charge in [0.2, 0.25) is 0 Å². The molecule has 0 aliphatic carbocycles. The molecule has 0 amide bonds. The SMILES string of the molecule is CC[NH+](CC)CCOC(=O)c1ccc(N)cc1OCc1ccccc1.[Cl-]. The van der Waals surface area contributed by atoms with Gasteiger partial charge in [-0.3, -0.25) is 0 Å². The highest BCUT2D eigenvalue weighted by atomic mass is 35.5. The molecule has 2 rings (SSSR count). The van der Waals surface area contributed by atoms with Gasteiger partial charge in [-0.2, -0.15) is 0 Å². The Morgan fingerprint density at radius 3 is 2.42 bits per heavy atom. The normalized spacial score (nSPS) is 10.3. The van der Waals surface area contributed by atoms with Crippen LogP contribution in [0.15, 0.2) is 48.5 Å². The van der Waals surface area contributed by atoms with Gasteiger partial charge < -0.3 is 32.5 Å². The maximum Gasteiger partial charge on any atom is 0.342 e. The number of hydrogen-bond donors (Lipinski definition) is 2. The molecular weight excluding hydrogens is 352 g/mol. The van der Waals surface area contributed by atoms with Crippen molar-refractivity contribution in [1.82, 2.24) is 0 Å². The second kappa shape index (κ2) is 11.4. The molecule has 2 aromatic carbocycles. The summed E-state index contributed by atoms with van der Waals surface area (Å²) in [7, 11) is 0. The van der Waals surface area contributed by atoms with Gasteiger partial charge in [0.25, 0.3) is 0 Å². The molecule has 0 aromatic heterocycles. The Labute approximate surface area is 161 Å². The zero-order valence-corrected chi connectivity index (χ0v) is 16.1. The maximum atomic E-state index is 12.4. The van der Waals surface area contributed by atoms with Crippen LogP contribution in [0.25, 0.3) is 0 Å². The second-order valence-corrected chi connectivity index (χ2v) is 5.87. The van der Waals surface area contributed by atoms with Crippen LogP contribution in [-0.4, -0.2) is 32.2 Å². The first-order valence-corrected chi connectivity index (χ1v) is 8.71. The fraction of sp³-hybridized carbons (Fsp3) is 0.350. The molecule has 0 saturated carbocycles. The van der Waals surface area contributed by atoms with Crippen molar-refractivity contribution < 1.29 is 31.6 Å². The number of rotatable bonds is 9. The number of esters is 1. The molecule has 0 aliphatic heterocycles. The van der Waals surface area contributed by atoms with Crippen LogP contribution in [0.3, 0.4) is 0 Å². The Hall–Kier alpha value is -2.24. The monoisotopic (exact) mass is 378 g/mol. The lowest BCUT2D eigenvalue weighted by molar-refractivity contribution is -0.896. The van der Waals surface area contributed by atoms with Crippen LogP contribution >= 0.6 is 0 Å². The third-order valence-corrected chi connectivity index (χ3v) is 4.15. The first kappa shape index (κ1) is 21.8. The maximum absolute atomic E-state index is 12.4. The topological polar surface area (TPSA) is 66.0 Å². The van der Waals surface area contributed by atoms with Crippen LogP contribution in [0.1, 0.15) is 29.8 Å². The summed E-state index contributed by atoms with van der Waals surface area (Å²) < 4.78 is 11.2. The molecule has 26 heavy (non-hydrogen) atoms. The van der Waals surface area contributed by atoms with E-state index >= 15 is 0 Å². The van der Waals surface area contributed by atoms with Crippen LogP contribution in [-0.2, 0) is 11.3 Å². The van der Waals surface area contributed by atoms with Gasteiger partial charge in [0.15, 0.2) is 0 Å². The summed E-state index contributed by atoms with van der Waals surface area (Å²) in [5.41, 5.74) is 7.81. The van der Waals surface area contributed by atoms with Gasteiger partial charge in [-0.15, -0.1) is 0 Å². The van der Waals surface area contributed by atoms with Crippen LogP contribution in [0.4, 0.5) is 5.69 Å². The van der Waals surface area contributed by atoms with E-state index in [1.165, 1.54) is 4.90 Å². The molecule has 0 atom stereocenters. The molecular formula is C20H27ClN2O3. The number of benzene rings is 2. The molecule has 0 spiro atoms. The number of nitrogens with one attached hydrogen (secondary N) is 1. The minimum atomic E-state index is -0.380. The summed E-state index contributed by atoms with van der Waals surface area (Å²) >= 11 is 0. The number of hydrogen-bond acceptors (Lipinski definition) is 4. The number of carbonyl (C=O) groups excluding carboxylic acids is 1. The summed E-state index contributed by atoms with van der Waals surface area (Å²) in [6.07, 6.45) is 0. The van der Waals surface area contributed by atoms with Gasteiger partial charge in [-0.05, 0) is 31.5 Å². The van der Waals surface area contributed by atoms with Crippen LogP contribution in [0.2, 0.25) is 0 Å². The van der Waals surface area contributed by atoms with Crippen molar-refractivity contribution in [2.75, 3.05) is 32.0 Å². The van der Waals surface area contributed by atoms with Crippen molar-refractivity contribution in [2.24, 2.45) is 0 Å². The number of anilines is 1. The van der Waals surface area contributed by atoms with Crippen LogP contribution in [0.5, 0.6) is 5.75 Å². The van der Waals surface area contributed by atoms with E-state index in [0.717, 1.165) is 25.2 Å². The average molecular weight is 379 g/mol. The quantitative estimate of drug-likeness (QED) is 0.431. The summed E-state index contributed by atoms with van der Waals surface area (Å²) in [5, 5.41) is 0. The Balaban J connectivity index is 0.00000338. The van der Waals surface area contributed by atoms with Gasteiger partial charge >= 0.3 is 5.97 Å².